The first kappa shape index (κ1) is 17.2. The van der Waals surface area contributed by atoms with Gasteiger partial charge in [0.25, 0.3) is 0 Å². The summed E-state index contributed by atoms with van der Waals surface area (Å²) in [5, 5.41) is 8.95. The van der Waals surface area contributed by atoms with Crippen molar-refractivity contribution in [3.8, 4) is 0 Å². The van der Waals surface area contributed by atoms with Crippen LogP contribution in [0.1, 0.15) is 30.4 Å². The van der Waals surface area contributed by atoms with Crippen molar-refractivity contribution in [1.82, 2.24) is 29.6 Å². The molecule has 0 aliphatic carbocycles. The van der Waals surface area contributed by atoms with Crippen LogP contribution in [0.2, 0.25) is 0 Å². The molecule has 9 heteroatoms. The minimum Gasteiger partial charge on any atom is -0.384 e. The van der Waals surface area contributed by atoms with Crippen molar-refractivity contribution in [1.29, 1.82) is 0 Å². The SMILES string of the molecule is Cn1c(CN2CCOCC2)nnc1C1CCN(c2nccc(N)n2)CC1. The molecular formula is C17H26N8O. The van der Waals surface area contributed by atoms with Gasteiger partial charge in [0, 0.05) is 45.3 Å². The highest BCUT2D eigenvalue weighted by molar-refractivity contribution is 5.38. The van der Waals surface area contributed by atoms with Gasteiger partial charge in [-0.05, 0) is 18.9 Å². The summed E-state index contributed by atoms with van der Waals surface area (Å²) in [6.45, 7) is 6.16. The molecule has 0 atom stereocenters. The Hall–Kier alpha value is -2.26. The van der Waals surface area contributed by atoms with Gasteiger partial charge in [-0.25, -0.2) is 4.98 Å². The average Bonchev–Trinajstić information content (AvgIpc) is 3.03. The zero-order valence-corrected chi connectivity index (χ0v) is 15.2. The summed E-state index contributed by atoms with van der Waals surface area (Å²) in [7, 11) is 2.08. The number of piperidine rings is 1. The first-order valence-corrected chi connectivity index (χ1v) is 9.22. The van der Waals surface area contributed by atoms with Crippen LogP contribution in [-0.4, -0.2) is 69.0 Å². The van der Waals surface area contributed by atoms with Crippen molar-refractivity contribution in [2.45, 2.75) is 25.3 Å². The number of nitrogens with zero attached hydrogens (tertiary/aromatic N) is 7. The second-order valence-electron chi connectivity index (χ2n) is 6.96. The fourth-order valence-electron chi connectivity index (χ4n) is 3.68. The van der Waals surface area contributed by atoms with Crippen LogP contribution in [0.4, 0.5) is 11.8 Å². The summed E-state index contributed by atoms with van der Waals surface area (Å²) in [5.41, 5.74) is 5.77. The summed E-state index contributed by atoms with van der Waals surface area (Å²) < 4.78 is 7.59. The van der Waals surface area contributed by atoms with Crippen LogP contribution in [0.3, 0.4) is 0 Å². The van der Waals surface area contributed by atoms with Crippen molar-refractivity contribution in [2.75, 3.05) is 50.0 Å². The van der Waals surface area contributed by atoms with Crippen LogP contribution in [0.15, 0.2) is 12.3 Å². The lowest BCUT2D eigenvalue weighted by Crippen LogP contribution is -2.36. The maximum atomic E-state index is 5.77. The van der Waals surface area contributed by atoms with Crippen LogP contribution in [0, 0.1) is 0 Å². The molecule has 0 bridgehead atoms. The van der Waals surface area contributed by atoms with Crippen molar-refractivity contribution in [3.05, 3.63) is 23.9 Å². The molecule has 26 heavy (non-hydrogen) atoms. The van der Waals surface area contributed by atoms with Gasteiger partial charge in [0.1, 0.15) is 17.5 Å². The molecule has 2 aromatic rings. The third-order valence-electron chi connectivity index (χ3n) is 5.27. The number of rotatable bonds is 4. The lowest BCUT2D eigenvalue weighted by molar-refractivity contribution is 0.0326. The number of hydrogen-bond acceptors (Lipinski definition) is 8. The Morgan fingerprint density at radius 3 is 2.65 bits per heavy atom. The normalized spacial score (nSPS) is 19.8. The molecular weight excluding hydrogens is 332 g/mol. The van der Waals surface area contributed by atoms with Crippen molar-refractivity contribution in [3.63, 3.8) is 0 Å². The van der Waals surface area contributed by atoms with E-state index in [2.05, 4.69) is 41.6 Å². The van der Waals surface area contributed by atoms with Gasteiger partial charge in [-0.2, -0.15) is 4.98 Å². The first-order chi connectivity index (χ1) is 12.7. The second-order valence-corrected chi connectivity index (χ2v) is 6.96. The molecule has 0 radical (unpaired) electrons. The Labute approximate surface area is 153 Å². The average molecular weight is 358 g/mol. The van der Waals surface area contributed by atoms with Crippen LogP contribution >= 0.6 is 0 Å². The van der Waals surface area contributed by atoms with Gasteiger partial charge < -0.3 is 19.9 Å². The summed E-state index contributed by atoms with van der Waals surface area (Å²) in [4.78, 5) is 13.2. The van der Waals surface area contributed by atoms with E-state index in [0.29, 0.717) is 11.7 Å². The van der Waals surface area contributed by atoms with Crippen molar-refractivity contribution < 1.29 is 4.74 Å². The zero-order valence-electron chi connectivity index (χ0n) is 15.2. The monoisotopic (exact) mass is 358 g/mol. The third-order valence-corrected chi connectivity index (χ3v) is 5.27. The fourth-order valence-corrected chi connectivity index (χ4v) is 3.68. The Kier molecular flexibility index (Phi) is 4.98. The van der Waals surface area contributed by atoms with Gasteiger partial charge in [-0.1, -0.05) is 0 Å². The van der Waals surface area contributed by atoms with Crippen LogP contribution in [0.5, 0.6) is 0 Å². The van der Waals surface area contributed by atoms with Crippen molar-refractivity contribution >= 4 is 11.8 Å². The van der Waals surface area contributed by atoms with E-state index in [9.17, 15) is 0 Å². The molecule has 2 N–H and O–H groups in total. The number of hydrogen-bond donors (Lipinski definition) is 1. The molecule has 2 aliphatic heterocycles. The number of morpholine rings is 1. The second kappa shape index (κ2) is 7.55. The Morgan fingerprint density at radius 1 is 1.15 bits per heavy atom. The van der Waals surface area contributed by atoms with Gasteiger partial charge in [0.15, 0.2) is 0 Å². The quantitative estimate of drug-likeness (QED) is 0.839. The summed E-state index contributed by atoms with van der Waals surface area (Å²) in [6, 6.07) is 1.71. The highest BCUT2D eigenvalue weighted by Gasteiger charge is 2.26. The molecule has 4 rings (SSSR count). The van der Waals surface area contributed by atoms with E-state index in [1.807, 2.05) is 0 Å². The minimum atomic E-state index is 0.420. The molecule has 2 saturated heterocycles. The van der Waals surface area contributed by atoms with E-state index < -0.39 is 0 Å². The minimum absolute atomic E-state index is 0.420. The van der Waals surface area contributed by atoms with E-state index in [4.69, 9.17) is 10.5 Å². The smallest absolute Gasteiger partial charge is 0.227 e. The third kappa shape index (κ3) is 3.63. The largest absolute Gasteiger partial charge is 0.384 e. The van der Waals surface area contributed by atoms with Gasteiger partial charge in [-0.3, -0.25) is 4.90 Å². The molecule has 0 aromatic carbocycles. The van der Waals surface area contributed by atoms with Gasteiger partial charge in [-0.15, -0.1) is 10.2 Å². The summed E-state index contributed by atoms with van der Waals surface area (Å²) in [5.74, 6) is 3.76. The topological polar surface area (TPSA) is 98.2 Å². The van der Waals surface area contributed by atoms with E-state index >= 15 is 0 Å². The maximum Gasteiger partial charge on any atom is 0.227 e. The highest BCUT2D eigenvalue weighted by Crippen LogP contribution is 2.28. The zero-order chi connectivity index (χ0) is 17.9. The fraction of sp³-hybridized carbons (Fsp3) is 0.647. The summed E-state index contributed by atoms with van der Waals surface area (Å²) >= 11 is 0. The van der Waals surface area contributed by atoms with Crippen molar-refractivity contribution in [2.24, 2.45) is 7.05 Å². The predicted molar refractivity (Wildman–Crippen MR) is 97.7 cm³/mol. The molecule has 0 spiro atoms. The molecule has 9 nitrogen and oxygen atoms in total. The number of ether oxygens (including phenoxy) is 1. The lowest BCUT2D eigenvalue weighted by Gasteiger charge is -2.31. The van der Waals surface area contributed by atoms with Gasteiger partial charge in [0.2, 0.25) is 5.95 Å². The van der Waals surface area contributed by atoms with E-state index in [-0.39, 0.29) is 0 Å². The Balaban J connectivity index is 1.38. The lowest BCUT2D eigenvalue weighted by atomic mass is 9.96. The molecule has 4 heterocycles. The Bertz CT molecular complexity index is 734. The molecule has 140 valence electrons. The van der Waals surface area contributed by atoms with Crippen LogP contribution in [-0.2, 0) is 18.3 Å². The van der Waals surface area contributed by atoms with E-state index in [1.165, 1.54) is 0 Å². The molecule has 2 fully saturated rings. The number of nitrogen functional groups attached to an aromatic ring is 1. The number of anilines is 2. The van der Waals surface area contributed by atoms with Crippen LogP contribution in [0.25, 0.3) is 0 Å². The van der Waals surface area contributed by atoms with Gasteiger partial charge >= 0.3 is 0 Å². The molecule has 2 aromatic heterocycles. The Morgan fingerprint density at radius 2 is 1.92 bits per heavy atom. The van der Waals surface area contributed by atoms with Gasteiger partial charge in [0.05, 0.1) is 19.8 Å². The molecule has 0 amide bonds. The number of aromatic nitrogens is 5. The van der Waals surface area contributed by atoms with E-state index in [1.54, 1.807) is 12.3 Å². The van der Waals surface area contributed by atoms with Crippen LogP contribution < -0.4 is 10.6 Å². The molecule has 2 aliphatic rings. The molecule has 0 unspecified atom stereocenters. The summed E-state index contributed by atoms with van der Waals surface area (Å²) in [6.07, 6.45) is 3.74. The standard InChI is InChI=1S/C17H26N8O/c1-23-15(12-24-8-10-26-11-9-24)21-22-16(23)13-3-6-25(7-4-13)17-19-5-2-14(18)20-17/h2,5,13H,3-4,6-12H2,1H3,(H2,18,19,20). The highest BCUT2D eigenvalue weighted by atomic mass is 16.5. The number of nitrogens with two attached hydrogens (primary N) is 1. The van der Waals surface area contributed by atoms with E-state index in [0.717, 1.165) is 76.4 Å². The first-order valence-electron chi connectivity index (χ1n) is 9.22. The molecule has 0 saturated carbocycles. The maximum absolute atomic E-state index is 5.77. The predicted octanol–water partition coefficient (Wildman–Crippen LogP) is 0.404.